The highest BCUT2D eigenvalue weighted by molar-refractivity contribution is 5.07. The van der Waals surface area contributed by atoms with E-state index in [4.69, 9.17) is 0 Å². The number of rotatable bonds is 8. The molecule has 0 atom stereocenters. The van der Waals surface area contributed by atoms with E-state index in [9.17, 15) is 0 Å². The van der Waals surface area contributed by atoms with Crippen LogP contribution in [0.5, 0.6) is 0 Å². The summed E-state index contributed by atoms with van der Waals surface area (Å²) in [5, 5.41) is 7.76. The molecule has 6 heteroatoms. The molecule has 2 heterocycles. The largest absolute Gasteiger partial charge is 0.323 e. The molecular formula is C15H26N6. The van der Waals surface area contributed by atoms with E-state index in [-0.39, 0.29) is 0 Å². The normalized spacial score (nSPS) is 11.5. The van der Waals surface area contributed by atoms with Crippen molar-refractivity contribution in [1.29, 1.82) is 0 Å². The lowest BCUT2D eigenvalue weighted by Gasteiger charge is -2.12. The Hall–Kier alpha value is -1.69. The predicted octanol–water partition coefficient (Wildman–Crippen LogP) is 1.99. The average Bonchev–Trinajstić information content (AvgIpc) is 3.00. The van der Waals surface area contributed by atoms with Crippen molar-refractivity contribution < 1.29 is 0 Å². The van der Waals surface area contributed by atoms with Gasteiger partial charge in [0.25, 0.3) is 0 Å². The maximum Gasteiger partial charge on any atom is 0.146 e. The zero-order valence-corrected chi connectivity index (χ0v) is 13.5. The Morgan fingerprint density at radius 1 is 1.29 bits per heavy atom. The smallest absolute Gasteiger partial charge is 0.146 e. The molecule has 0 aliphatic carbocycles. The number of hydrogen-bond donors (Lipinski definition) is 1. The molecular weight excluding hydrogens is 264 g/mol. The highest BCUT2D eigenvalue weighted by Crippen LogP contribution is 2.09. The molecule has 0 aliphatic heterocycles. The zero-order chi connectivity index (χ0) is 15.2. The second-order valence-corrected chi connectivity index (χ2v) is 5.81. The quantitative estimate of drug-likeness (QED) is 0.755. The third-order valence-electron chi connectivity index (χ3n) is 3.40. The van der Waals surface area contributed by atoms with Gasteiger partial charge in [0, 0.05) is 19.3 Å². The van der Waals surface area contributed by atoms with Crippen LogP contribution in [0.4, 0.5) is 0 Å². The molecule has 0 saturated carbocycles. The van der Waals surface area contributed by atoms with E-state index in [2.05, 4.69) is 45.7 Å². The van der Waals surface area contributed by atoms with Gasteiger partial charge < -0.3 is 9.88 Å². The van der Waals surface area contributed by atoms with Crippen LogP contribution in [0.3, 0.4) is 0 Å². The van der Waals surface area contributed by atoms with Crippen LogP contribution in [0.2, 0.25) is 0 Å². The summed E-state index contributed by atoms with van der Waals surface area (Å²) < 4.78 is 4.21. The molecule has 2 aromatic rings. The molecule has 116 valence electrons. The van der Waals surface area contributed by atoms with E-state index < -0.39 is 0 Å². The van der Waals surface area contributed by atoms with Gasteiger partial charge in [0.05, 0.1) is 12.2 Å². The molecule has 0 aromatic carbocycles. The van der Waals surface area contributed by atoms with Crippen LogP contribution in [0.25, 0.3) is 0 Å². The van der Waals surface area contributed by atoms with Crippen molar-refractivity contribution in [2.24, 2.45) is 5.92 Å². The van der Waals surface area contributed by atoms with Gasteiger partial charge in [0.15, 0.2) is 0 Å². The SMILES string of the molecule is CCCNCc1cnc(C)n1Cc1ncnn1CC(C)C. The topological polar surface area (TPSA) is 60.6 Å². The lowest BCUT2D eigenvalue weighted by molar-refractivity contribution is 0.458. The molecule has 0 spiro atoms. The van der Waals surface area contributed by atoms with Crippen LogP contribution in [-0.4, -0.2) is 30.9 Å². The first-order valence-electron chi connectivity index (χ1n) is 7.70. The second kappa shape index (κ2) is 7.36. The van der Waals surface area contributed by atoms with Crippen LogP contribution < -0.4 is 5.32 Å². The summed E-state index contributed by atoms with van der Waals surface area (Å²) in [6.45, 7) is 12.1. The number of hydrogen-bond acceptors (Lipinski definition) is 4. The fourth-order valence-electron chi connectivity index (χ4n) is 2.32. The highest BCUT2D eigenvalue weighted by Gasteiger charge is 2.11. The molecule has 0 amide bonds. The number of nitrogens with one attached hydrogen (secondary N) is 1. The summed E-state index contributed by atoms with van der Waals surface area (Å²) in [5.41, 5.74) is 1.19. The minimum Gasteiger partial charge on any atom is -0.323 e. The predicted molar refractivity (Wildman–Crippen MR) is 82.9 cm³/mol. The maximum atomic E-state index is 4.43. The van der Waals surface area contributed by atoms with Crippen molar-refractivity contribution in [2.75, 3.05) is 6.54 Å². The van der Waals surface area contributed by atoms with E-state index in [1.807, 2.05) is 17.8 Å². The van der Waals surface area contributed by atoms with E-state index >= 15 is 0 Å². The Balaban J connectivity index is 2.12. The van der Waals surface area contributed by atoms with Gasteiger partial charge in [-0.1, -0.05) is 20.8 Å². The lowest BCUT2D eigenvalue weighted by Crippen LogP contribution is -2.19. The van der Waals surface area contributed by atoms with Crippen molar-refractivity contribution in [1.82, 2.24) is 29.6 Å². The highest BCUT2D eigenvalue weighted by atomic mass is 15.3. The third kappa shape index (κ3) is 4.14. The van der Waals surface area contributed by atoms with Crippen molar-refractivity contribution in [3.63, 3.8) is 0 Å². The molecule has 2 aromatic heterocycles. The number of nitrogens with zero attached hydrogens (tertiary/aromatic N) is 5. The van der Waals surface area contributed by atoms with E-state index in [1.165, 1.54) is 5.69 Å². The minimum atomic E-state index is 0.556. The summed E-state index contributed by atoms with van der Waals surface area (Å²) in [6, 6.07) is 0. The summed E-state index contributed by atoms with van der Waals surface area (Å²) in [5.74, 6) is 2.56. The van der Waals surface area contributed by atoms with Crippen LogP contribution in [0.1, 0.15) is 44.5 Å². The van der Waals surface area contributed by atoms with E-state index in [1.54, 1.807) is 6.33 Å². The Morgan fingerprint density at radius 3 is 2.81 bits per heavy atom. The van der Waals surface area contributed by atoms with Crippen molar-refractivity contribution in [2.45, 2.75) is 53.8 Å². The van der Waals surface area contributed by atoms with Crippen LogP contribution >= 0.6 is 0 Å². The molecule has 0 fully saturated rings. The second-order valence-electron chi connectivity index (χ2n) is 5.81. The molecule has 0 radical (unpaired) electrons. The van der Waals surface area contributed by atoms with Crippen molar-refractivity contribution in [3.05, 3.63) is 29.9 Å². The van der Waals surface area contributed by atoms with Crippen LogP contribution in [0, 0.1) is 12.8 Å². The summed E-state index contributed by atoms with van der Waals surface area (Å²) in [7, 11) is 0. The Kier molecular flexibility index (Phi) is 5.50. The van der Waals surface area contributed by atoms with Crippen molar-refractivity contribution in [3.8, 4) is 0 Å². The summed E-state index contributed by atoms with van der Waals surface area (Å²) in [4.78, 5) is 8.84. The average molecular weight is 290 g/mol. The Labute approximate surface area is 126 Å². The van der Waals surface area contributed by atoms with Gasteiger partial charge in [-0.2, -0.15) is 5.10 Å². The van der Waals surface area contributed by atoms with Gasteiger partial charge >= 0.3 is 0 Å². The summed E-state index contributed by atoms with van der Waals surface area (Å²) >= 11 is 0. The Morgan fingerprint density at radius 2 is 2.10 bits per heavy atom. The van der Waals surface area contributed by atoms with Gasteiger partial charge in [-0.15, -0.1) is 0 Å². The first kappa shape index (κ1) is 15.7. The van der Waals surface area contributed by atoms with Crippen LogP contribution in [-0.2, 0) is 19.6 Å². The first-order chi connectivity index (χ1) is 10.1. The molecule has 0 bridgehead atoms. The molecule has 0 saturated heterocycles. The minimum absolute atomic E-state index is 0.556. The third-order valence-corrected chi connectivity index (χ3v) is 3.40. The molecule has 21 heavy (non-hydrogen) atoms. The lowest BCUT2D eigenvalue weighted by atomic mass is 10.2. The molecule has 2 rings (SSSR count). The molecule has 6 nitrogen and oxygen atoms in total. The summed E-state index contributed by atoms with van der Waals surface area (Å²) in [6.07, 6.45) is 4.72. The number of aromatic nitrogens is 5. The monoisotopic (exact) mass is 290 g/mol. The Bertz CT molecular complexity index is 554. The fraction of sp³-hybridized carbons (Fsp3) is 0.667. The maximum absolute atomic E-state index is 4.43. The number of aryl methyl sites for hydroxylation is 1. The standard InChI is InChI=1S/C15H26N6/c1-5-6-16-7-14-8-17-13(4)20(14)10-15-18-11-19-21(15)9-12(2)3/h8,11-12,16H,5-7,9-10H2,1-4H3. The molecule has 0 aliphatic rings. The zero-order valence-electron chi connectivity index (χ0n) is 13.5. The fourth-order valence-corrected chi connectivity index (χ4v) is 2.32. The van der Waals surface area contributed by atoms with Gasteiger partial charge in [-0.25, -0.2) is 14.6 Å². The van der Waals surface area contributed by atoms with E-state index in [0.717, 1.165) is 44.2 Å². The van der Waals surface area contributed by atoms with Gasteiger partial charge in [0.1, 0.15) is 18.0 Å². The first-order valence-corrected chi connectivity index (χ1v) is 7.70. The van der Waals surface area contributed by atoms with Gasteiger partial charge in [-0.3, -0.25) is 0 Å². The van der Waals surface area contributed by atoms with Gasteiger partial charge in [-0.05, 0) is 25.8 Å². The van der Waals surface area contributed by atoms with Crippen molar-refractivity contribution >= 4 is 0 Å². The van der Waals surface area contributed by atoms with Crippen LogP contribution in [0.15, 0.2) is 12.5 Å². The number of imidazole rings is 1. The van der Waals surface area contributed by atoms with E-state index in [0.29, 0.717) is 5.92 Å². The van der Waals surface area contributed by atoms with Gasteiger partial charge in [0.2, 0.25) is 0 Å². The molecule has 1 N–H and O–H groups in total. The molecule has 0 unspecified atom stereocenters.